The molecule has 0 aliphatic carbocycles. The van der Waals surface area contributed by atoms with Gasteiger partial charge in [0.25, 0.3) is 11.1 Å². The molecule has 3 aromatic heterocycles. The van der Waals surface area contributed by atoms with E-state index in [2.05, 4.69) is 16.5 Å². The maximum absolute atomic E-state index is 12.7. The quantitative estimate of drug-likeness (QED) is 0.398. The third-order valence-electron chi connectivity index (χ3n) is 3.86. The van der Waals surface area contributed by atoms with E-state index in [4.69, 9.17) is 0 Å². The zero-order chi connectivity index (χ0) is 18.1. The van der Waals surface area contributed by atoms with Crippen LogP contribution >= 0.6 is 11.8 Å². The lowest BCUT2D eigenvalue weighted by atomic mass is 10.3. The molecule has 8 heteroatoms. The highest BCUT2D eigenvalue weighted by atomic mass is 32.2. The van der Waals surface area contributed by atoms with Crippen LogP contribution in [0.4, 0.5) is 0 Å². The van der Waals surface area contributed by atoms with Crippen LogP contribution < -0.4 is 11.1 Å². The standard InChI is InChI=1S/C17H19N5O2S/c1-5-8-21-16(24)13-9-18-17(25-4)19-15(13)22(21)12-6-7-14(23)20(10-12)11(2)3/h5-7,9-11H,1,8H2,2-4H3. The Morgan fingerprint density at radius 1 is 1.32 bits per heavy atom. The molecule has 0 N–H and O–H groups in total. The second-order valence-electron chi connectivity index (χ2n) is 5.81. The lowest BCUT2D eigenvalue weighted by Crippen LogP contribution is -2.25. The first kappa shape index (κ1) is 17.2. The van der Waals surface area contributed by atoms with E-state index in [0.717, 1.165) is 0 Å². The third kappa shape index (κ3) is 2.93. The summed E-state index contributed by atoms with van der Waals surface area (Å²) in [4.78, 5) is 33.5. The van der Waals surface area contributed by atoms with Crippen LogP contribution in [0.2, 0.25) is 0 Å². The van der Waals surface area contributed by atoms with Crippen molar-refractivity contribution in [3.8, 4) is 5.69 Å². The van der Waals surface area contributed by atoms with Gasteiger partial charge >= 0.3 is 0 Å². The van der Waals surface area contributed by atoms with Crippen molar-refractivity contribution in [1.29, 1.82) is 0 Å². The Bertz CT molecular complexity index is 1060. The maximum Gasteiger partial charge on any atom is 0.278 e. The summed E-state index contributed by atoms with van der Waals surface area (Å²) in [5.74, 6) is 0. The molecule has 0 spiro atoms. The smallest absolute Gasteiger partial charge is 0.278 e. The van der Waals surface area contributed by atoms with Gasteiger partial charge in [0, 0.05) is 24.5 Å². The Hall–Kier alpha value is -2.61. The summed E-state index contributed by atoms with van der Waals surface area (Å²) in [6.45, 7) is 7.92. The zero-order valence-corrected chi connectivity index (χ0v) is 15.2. The van der Waals surface area contributed by atoms with Crippen molar-refractivity contribution in [2.45, 2.75) is 31.6 Å². The van der Waals surface area contributed by atoms with E-state index in [9.17, 15) is 9.59 Å². The first-order valence-corrected chi connectivity index (χ1v) is 9.06. The molecule has 0 atom stereocenters. The fraction of sp³-hybridized carbons (Fsp3) is 0.294. The number of pyridine rings is 1. The number of thioether (sulfide) groups is 1. The minimum Gasteiger partial charge on any atom is -0.311 e. The van der Waals surface area contributed by atoms with Gasteiger partial charge in [-0.2, -0.15) is 0 Å². The highest BCUT2D eigenvalue weighted by molar-refractivity contribution is 7.98. The van der Waals surface area contributed by atoms with Gasteiger partial charge in [-0.05, 0) is 26.2 Å². The molecule has 0 bridgehead atoms. The molecule has 25 heavy (non-hydrogen) atoms. The van der Waals surface area contributed by atoms with E-state index in [0.29, 0.717) is 28.4 Å². The van der Waals surface area contributed by atoms with Crippen LogP contribution in [0.5, 0.6) is 0 Å². The monoisotopic (exact) mass is 357 g/mol. The Morgan fingerprint density at radius 2 is 2.08 bits per heavy atom. The molecule has 0 saturated heterocycles. The van der Waals surface area contributed by atoms with Crippen LogP contribution in [0.1, 0.15) is 19.9 Å². The molecular weight excluding hydrogens is 338 g/mol. The number of aromatic nitrogens is 5. The van der Waals surface area contributed by atoms with E-state index in [1.807, 2.05) is 20.1 Å². The van der Waals surface area contributed by atoms with Crippen LogP contribution in [0.3, 0.4) is 0 Å². The topological polar surface area (TPSA) is 74.7 Å². The molecule has 7 nitrogen and oxygen atoms in total. The molecule has 0 aliphatic heterocycles. The van der Waals surface area contributed by atoms with Gasteiger partial charge in [-0.3, -0.25) is 9.59 Å². The third-order valence-corrected chi connectivity index (χ3v) is 4.42. The molecule has 0 unspecified atom stereocenters. The summed E-state index contributed by atoms with van der Waals surface area (Å²) in [6, 6.07) is 3.20. The van der Waals surface area contributed by atoms with Crippen LogP contribution in [0, 0.1) is 0 Å². The predicted octanol–water partition coefficient (Wildman–Crippen LogP) is 2.23. The Labute approximate surface area is 148 Å². The van der Waals surface area contributed by atoms with Gasteiger partial charge in [0.2, 0.25) is 0 Å². The van der Waals surface area contributed by atoms with Gasteiger partial charge in [-0.25, -0.2) is 19.3 Å². The van der Waals surface area contributed by atoms with Gasteiger partial charge < -0.3 is 4.57 Å². The Balaban J connectivity index is 2.39. The molecule has 0 fully saturated rings. The van der Waals surface area contributed by atoms with E-state index >= 15 is 0 Å². The fourth-order valence-corrected chi connectivity index (χ4v) is 3.02. The molecule has 0 radical (unpaired) electrons. The van der Waals surface area contributed by atoms with Crippen molar-refractivity contribution in [1.82, 2.24) is 23.9 Å². The average molecular weight is 357 g/mol. The van der Waals surface area contributed by atoms with Crippen LogP contribution in [0.25, 0.3) is 16.7 Å². The van der Waals surface area contributed by atoms with E-state index < -0.39 is 0 Å². The van der Waals surface area contributed by atoms with Gasteiger partial charge in [-0.1, -0.05) is 17.8 Å². The second-order valence-corrected chi connectivity index (χ2v) is 6.58. The largest absolute Gasteiger partial charge is 0.311 e. The summed E-state index contributed by atoms with van der Waals surface area (Å²) < 4.78 is 4.89. The molecule has 0 saturated carbocycles. The molecule has 130 valence electrons. The summed E-state index contributed by atoms with van der Waals surface area (Å²) in [5, 5.41) is 1.01. The normalized spacial score (nSPS) is 11.4. The van der Waals surface area contributed by atoms with E-state index in [-0.39, 0.29) is 17.2 Å². The molecule has 3 aromatic rings. The molecule has 0 aliphatic rings. The highest BCUT2D eigenvalue weighted by Crippen LogP contribution is 2.18. The molecule has 0 amide bonds. The maximum atomic E-state index is 12.7. The molecule has 0 aromatic carbocycles. The second kappa shape index (κ2) is 6.72. The SMILES string of the molecule is C=CCn1c(=O)c2cnc(SC)nc2n1-c1ccc(=O)n(C(C)C)c1. The first-order valence-electron chi connectivity index (χ1n) is 7.84. The van der Waals surface area contributed by atoms with Crippen molar-refractivity contribution in [3.63, 3.8) is 0 Å². The highest BCUT2D eigenvalue weighted by Gasteiger charge is 2.17. The van der Waals surface area contributed by atoms with Crippen molar-refractivity contribution in [3.05, 3.63) is 57.9 Å². The summed E-state index contributed by atoms with van der Waals surface area (Å²) in [6.07, 6.45) is 6.82. The summed E-state index contributed by atoms with van der Waals surface area (Å²) >= 11 is 1.40. The van der Waals surface area contributed by atoms with Gasteiger partial charge in [-0.15, -0.1) is 6.58 Å². The molecular formula is C17H19N5O2S. The van der Waals surface area contributed by atoms with Crippen LogP contribution in [-0.4, -0.2) is 30.2 Å². The number of hydrogen-bond donors (Lipinski definition) is 0. The number of nitrogens with zero attached hydrogens (tertiary/aromatic N) is 5. The zero-order valence-electron chi connectivity index (χ0n) is 14.3. The van der Waals surface area contributed by atoms with Crippen molar-refractivity contribution in [2.24, 2.45) is 0 Å². The van der Waals surface area contributed by atoms with Gasteiger partial charge in [0.15, 0.2) is 10.8 Å². The van der Waals surface area contributed by atoms with Gasteiger partial charge in [0.1, 0.15) is 5.39 Å². The van der Waals surface area contributed by atoms with Crippen molar-refractivity contribution >= 4 is 22.8 Å². The Morgan fingerprint density at radius 3 is 2.72 bits per heavy atom. The number of hydrogen-bond acceptors (Lipinski definition) is 5. The minimum atomic E-state index is -0.190. The van der Waals surface area contributed by atoms with Crippen LogP contribution in [-0.2, 0) is 6.54 Å². The van der Waals surface area contributed by atoms with Crippen molar-refractivity contribution in [2.75, 3.05) is 6.26 Å². The van der Waals surface area contributed by atoms with Gasteiger partial charge in [0.05, 0.1) is 12.2 Å². The average Bonchev–Trinajstić information content (AvgIpc) is 2.87. The number of fused-ring (bicyclic) bond motifs is 1. The molecule has 3 heterocycles. The lowest BCUT2D eigenvalue weighted by Gasteiger charge is -2.15. The lowest BCUT2D eigenvalue weighted by molar-refractivity contribution is 0.561. The molecule has 3 rings (SSSR count). The number of rotatable bonds is 5. The van der Waals surface area contributed by atoms with Crippen LogP contribution in [0.15, 0.2) is 51.9 Å². The fourth-order valence-electron chi connectivity index (χ4n) is 2.68. The summed E-state index contributed by atoms with van der Waals surface area (Å²) in [5.41, 5.74) is 0.922. The Kier molecular flexibility index (Phi) is 4.63. The minimum absolute atomic E-state index is 0.00485. The number of allylic oxidation sites excluding steroid dienone is 1. The van der Waals surface area contributed by atoms with Crippen molar-refractivity contribution < 1.29 is 0 Å². The van der Waals surface area contributed by atoms with E-state index in [1.54, 1.807) is 38.5 Å². The van der Waals surface area contributed by atoms with E-state index in [1.165, 1.54) is 17.8 Å². The predicted molar refractivity (Wildman–Crippen MR) is 99.7 cm³/mol. The first-order chi connectivity index (χ1) is 12.0. The summed E-state index contributed by atoms with van der Waals surface area (Å²) in [7, 11) is 0.